The quantitative estimate of drug-likeness (QED) is 0.468. The van der Waals surface area contributed by atoms with Gasteiger partial charge in [0.2, 0.25) is 5.91 Å². The van der Waals surface area contributed by atoms with E-state index in [0.29, 0.717) is 17.9 Å². The van der Waals surface area contributed by atoms with Crippen LogP contribution in [0.1, 0.15) is 49.4 Å². The summed E-state index contributed by atoms with van der Waals surface area (Å²) in [7, 11) is 0. The van der Waals surface area contributed by atoms with Crippen LogP contribution in [0.4, 0.5) is 22.0 Å². The normalized spacial score (nSPS) is 21.4. The third kappa shape index (κ3) is 7.55. The van der Waals surface area contributed by atoms with Crippen LogP contribution in [0.5, 0.6) is 11.5 Å². The summed E-state index contributed by atoms with van der Waals surface area (Å²) in [5, 5.41) is 2.88. The van der Waals surface area contributed by atoms with Gasteiger partial charge in [-0.15, -0.1) is 0 Å². The fraction of sp³-hybridized carbons (Fsp3) is 0.500. The van der Waals surface area contributed by atoms with Gasteiger partial charge >= 0.3 is 6.18 Å². The third-order valence-electron chi connectivity index (χ3n) is 6.61. The minimum Gasteiger partial charge on any atom is -0.484 e. The molecule has 7 nitrogen and oxygen atoms in total. The van der Waals surface area contributed by atoms with Crippen LogP contribution in [0.2, 0.25) is 0 Å². The first-order valence-electron chi connectivity index (χ1n) is 12.2. The number of alkyl halides is 5. The molecule has 2 fully saturated rings. The molecular formula is C26H28F5N3O4. The van der Waals surface area contributed by atoms with E-state index in [0.717, 1.165) is 5.56 Å². The number of nitrogens with one attached hydrogen (secondary N) is 1. The molecule has 1 N–H and O–H groups in total. The van der Waals surface area contributed by atoms with Gasteiger partial charge in [0.25, 0.3) is 11.8 Å². The zero-order chi connectivity index (χ0) is 27.5. The van der Waals surface area contributed by atoms with Crippen molar-refractivity contribution in [2.45, 2.75) is 50.2 Å². The summed E-state index contributed by atoms with van der Waals surface area (Å²) in [6.07, 6.45) is -3.28. The number of ether oxygens (including phenoxy) is 2. The van der Waals surface area contributed by atoms with Crippen molar-refractivity contribution < 1.29 is 41.0 Å². The van der Waals surface area contributed by atoms with Crippen LogP contribution >= 0.6 is 0 Å². The second kappa shape index (κ2) is 11.1. The van der Waals surface area contributed by atoms with Gasteiger partial charge in [-0.2, -0.15) is 13.2 Å². The molecule has 12 heteroatoms. The van der Waals surface area contributed by atoms with Crippen LogP contribution in [0, 0.1) is 5.92 Å². The minimum atomic E-state index is -4.44. The summed E-state index contributed by atoms with van der Waals surface area (Å²) in [5.41, 5.74) is 1.43. The third-order valence-corrected chi connectivity index (χ3v) is 6.61. The second-order valence-electron chi connectivity index (χ2n) is 9.60. The van der Waals surface area contributed by atoms with Gasteiger partial charge in [-0.05, 0) is 49.1 Å². The molecule has 1 aromatic heterocycles. The van der Waals surface area contributed by atoms with Crippen molar-refractivity contribution >= 4 is 11.8 Å². The molecular weight excluding hydrogens is 513 g/mol. The summed E-state index contributed by atoms with van der Waals surface area (Å²) >= 11 is 0. The highest BCUT2D eigenvalue weighted by Crippen LogP contribution is 2.48. The number of hydrogen-bond donors (Lipinski definition) is 1. The topological polar surface area (TPSA) is 80.8 Å². The molecule has 1 aromatic carbocycles. The van der Waals surface area contributed by atoms with E-state index in [4.69, 9.17) is 4.74 Å². The Morgan fingerprint density at radius 2 is 1.74 bits per heavy atom. The van der Waals surface area contributed by atoms with Crippen LogP contribution in [-0.2, 0) is 9.59 Å². The van der Waals surface area contributed by atoms with Crippen molar-refractivity contribution in [1.82, 2.24) is 15.2 Å². The van der Waals surface area contributed by atoms with Gasteiger partial charge in [0.1, 0.15) is 11.5 Å². The maximum Gasteiger partial charge on any atom is 0.422 e. The molecule has 0 spiro atoms. The molecule has 3 atom stereocenters. The van der Waals surface area contributed by atoms with Crippen molar-refractivity contribution in [2.24, 2.45) is 5.92 Å². The Hall–Kier alpha value is -3.44. The van der Waals surface area contributed by atoms with Crippen molar-refractivity contribution in [2.75, 3.05) is 26.3 Å². The lowest BCUT2D eigenvalue weighted by Crippen LogP contribution is -2.44. The standard InChI is InChI=1S/C26H28F5N3O4/c1-16(22-7-6-19(13-32-22)38-15-26(29,30)31)33-24(36)21-12-20(21)17-2-4-18(5-3-17)37-14-23(35)34-10-8-25(27,28)9-11-34/h2-7,13,16,20-21H,8-12,14-15H2,1H3,(H,33,36)/t16-,20?,21?/m1/s1. The first-order chi connectivity index (χ1) is 17.9. The predicted molar refractivity (Wildman–Crippen MR) is 126 cm³/mol. The molecule has 206 valence electrons. The van der Waals surface area contributed by atoms with Gasteiger partial charge in [-0.25, -0.2) is 8.78 Å². The first kappa shape index (κ1) is 27.6. The highest BCUT2D eigenvalue weighted by molar-refractivity contribution is 5.83. The molecule has 2 heterocycles. The van der Waals surface area contributed by atoms with Crippen LogP contribution in [0.25, 0.3) is 0 Å². The minimum absolute atomic E-state index is 0.00955. The van der Waals surface area contributed by atoms with Gasteiger partial charge in [0.15, 0.2) is 13.2 Å². The molecule has 2 aromatic rings. The SMILES string of the molecule is C[C@@H](NC(=O)C1CC1c1ccc(OCC(=O)N2CCC(F)(F)CC2)cc1)c1ccc(OCC(F)(F)F)cn1. The number of benzene rings is 1. The number of nitrogens with zero attached hydrogens (tertiary/aromatic N) is 2. The maximum absolute atomic E-state index is 13.3. The number of likely N-dealkylation sites (tertiary alicyclic amines) is 1. The number of pyridine rings is 1. The summed E-state index contributed by atoms with van der Waals surface area (Å²) in [6.45, 7) is 0.111. The summed E-state index contributed by atoms with van der Waals surface area (Å²) in [6, 6.07) is 9.49. The highest BCUT2D eigenvalue weighted by Gasteiger charge is 2.44. The zero-order valence-electron chi connectivity index (χ0n) is 20.6. The number of rotatable bonds is 9. The van der Waals surface area contributed by atoms with Crippen molar-refractivity contribution in [1.29, 1.82) is 0 Å². The van der Waals surface area contributed by atoms with Crippen LogP contribution in [-0.4, -0.2) is 60.1 Å². The lowest BCUT2D eigenvalue weighted by molar-refractivity contribution is -0.153. The maximum atomic E-state index is 13.3. The van der Waals surface area contributed by atoms with E-state index in [9.17, 15) is 31.5 Å². The number of hydrogen-bond acceptors (Lipinski definition) is 5. The average molecular weight is 542 g/mol. The number of amides is 2. The van der Waals surface area contributed by atoms with E-state index in [-0.39, 0.29) is 61.9 Å². The van der Waals surface area contributed by atoms with E-state index in [1.165, 1.54) is 23.2 Å². The fourth-order valence-electron chi connectivity index (χ4n) is 4.28. The molecule has 1 aliphatic heterocycles. The van der Waals surface area contributed by atoms with Crippen LogP contribution in [0.15, 0.2) is 42.6 Å². The lowest BCUT2D eigenvalue weighted by atomic mass is 10.1. The van der Waals surface area contributed by atoms with Gasteiger partial charge in [0, 0.05) is 31.8 Å². The monoisotopic (exact) mass is 541 g/mol. The molecule has 1 aliphatic carbocycles. The average Bonchev–Trinajstić information content (AvgIpc) is 3.67. The molecule has 2 amide bonds. The Morgan fingerprint density at radius 1 is 1.08 bits per heavy atom. The van der Waals surface area contributed by atoms with Gasteiger partial charge < -0.3 is 19.7 Å². The fourth-order valence-corrected chi connectivity index (χ4v) is 4.28. The smallest absolute Gasteiger partial charge is 0.422 e. The molecule has 2 unspecified atom stereocenters. The van der Waals surface area contributed by atoms with E-state index in [1.54, 1.807) is 19.1 Å². The molecule has 1 saturated heterocycles. The van der Waals surface area contributed by atoms with E-state index in [1.807, 2.05) is 12.1 Å². The van der Waals surface area contributed by atoms with Gasteiger partial charge in [-0.1, -0.05) is 12.1 Å². The largest absolute Gasteiger partial charge is 0.484 e. The Morgan fingerprint density at radius 3 is 2.34 bits per heavy atom. The van der Waals surface area contributed by atoms with Crippen LogP contribution < -0.4 is 14.8 Å². The first-order valence-corrected chi connectivity index (χ1v) is 12.2. The predicted octanol–water partition coefficient (Wildman–Crippen LogP) is 4.64. The molecule has 38 heavy (non-hydrogen) atoms. The number of carbonyl (C=O) groups excluding carboxylic acids is 2. The molecule has 1 saturated carbocycles. The summed E-state index contributed by atoms with van der Waals surface area (Å²) in [5.74, 6) is -2.96. The highest BCUT2D eigenvalue weighted by atomic mass is 19.4. The Labute approximate surface area is 216 Å². The number of aromatic nitrogens is 1. The number of halogens is 5. The molecule has 2 aliphatic rings. The lowest BCUT2D eigenvalue weighted by Gasteiger charge is -2.31. The summed E-state index contributed by atoms with van der Waals surface area (Å²) < 4.78 is 73.5. The molecule has 0 radical (unpaired) electrons. The van der Waals surface area contributed by atoms with Crippen molar-refractivity contribution in [3.63, 3.8) is 0 Å². The van der Waals surface area contributed by atoms with E-state index >= 15 is 0 Å². The number of carbonyl (C=O) groups is 2. The zero-order valence-corrected chi connectivity index (χ0v) is 20.6. The van der Waals surface area contributed by atoms with Crippen molar-refractivity contribution in [3.8, 4) is 11.5 Å². The molecule has 4 rings (SSSR count). The Kier molecular flexibility index (Phi) is 8.08. The van der Waals surface area contributed by atoms with Gasteiger partial charge in [0.05, 0.1) is 17.9 Å². The van der Waals surface area contributed by atoms with E-state index in [2.05, 4.69) is 15.0 Å². The molecule has 0 bridgehead atoms. The van der Waals surface area contributed by atoms with Crippen molar-refractivity contribution in [3.05, 3.63) is 53.9 Å². The summed E-state index contributed by atoms with van der Waals surface area (Å²) in [4.78, 5) is 30.4. The Balaban J connectivity index is 1.21. The number of piperidine rings is 1. The second-order valence-corrected chi connectivity index (χ2v) is 9.60. The Bertz CT molecular complexity index is 1120. The van der Waals surface area contributed by atoms with Crippen LogP contribution in [0.3, 0.4) is 0 Å². The van der Waals surface area contributed by atoms with Gasteiger partial charge in [-0.3, -0.25) is 14.6 Å². The van der Waals surface area contributed by atoms with E-state index < -0.39 is 24.7 Å².